The van der Waals surface area contributed by atoms with Gasteiger partial charge in [-0.2, -0.15) is 13.2 Å². The van der Waals surface area contributed by atoms with Gasteiger partial charge >= 0.3 is 6.18 Å². The lowest BCUT2D eigenvalue weighted by atomic mass is 10.0. The number of alkyl halides is 3. The van der Waals surface area contributed by atoms with Crippen molar-refractivity contribution in [2.45, 2.75) is 38.2 Å². The summed E-state index contributed by atoms with van der Waals surface area (Å²) in [6, 6.07) is 8.78. The van der Waals surface area contributed by atoms with E-state index in [-0.39, 0.29) is 25.2 Å². The first-order chi connectivity index (χ1) is 16.2. The number of ether oxygens (including phenoxy) is 2. The molecule has 0 unspecified atom stereocenters. The summed E-state index contributed by atoms with van der Waals surface area (Å²) in [6.45, 7) is 2.58. The molecule has 7 nitrogen and oxygen atoms in total. The van der Waals surface area contributed by atoms with E-state index in [1.54, 1.807) is 30.2 Å². The Balaban J connectivity index is 1.69. The minimum Gasteiger partial charge on any atom is -0.383 e. The molecule has 3 aromatic rings. The van der Waals surface area contributed by atoms with Crippen LogP contribution in [0.5, 0.6) is 0 Å². The van der Waals surface area contributed by atoms with E-state index in [1.807, 2.05) is 13.0 Å². The lowest BCUT2D eigenvalue weighted by molar-refractivity contribution is -0.137. The number of fused-ring (bicyclic) bond motifs is 1. The molecule has 3 heterocycles. The van der Waals surface area contributed by atoms with Crippen LogP contribution < -0.4 is 5.73 Å². The Morgan fingerprint density at radius 3 is 2.74 bits per heavy atom. The van der Waals surface area contributed by atoms with Crippen molar-refractivity contribution in [3.63, 3.8) is 0 Å². The maximum atomic E-state index is 13.7. The third-order valence-electron chi connectivity index (χ3n) is 6.00. The Bertz CT molecular complexity index is 1180. The number of nitrogens with zero attached hydrogens (tertiary/aromatic N) is 3. The number of rotatable bonds is 5. The number of aryl methyl sites for hydroxylation is 1. The summed E-state index contributed by atoms with van der Waals surface area (Å²) in [5, 5.41) is 0.758. The van der Waals surface area contributed by atoms with Crippen molar-refractivity contribution in [3.05, 3.63) is 65.0 Å². The van der Waals surface area contributed by atoms with E-state index in [4.69, 9.17) is 15.2 Å². The number of hydrogen-bond acceptors (Lipinski definition) is 6. The second-order valence-electron chi connectivity index (χ2n) is 8.27. The summed E-state index contributed by atoms with van der Waals surface area (Å²) in [4.78, 5) is 23.6. The van der Waals surface area contributed by atoms with Crippen LogP contribution in [0.4, 0.5) is 19.0 Å². The van der Waals surface area contributed by atoms with Crippen LogP contribution >= 0.6 is 0 Å². The zero-order valence-corrected chi connectivity index (χ0v) is 18.8. The molecule has 34 heavy (non-hydrogen) atoms. The van der Waals surface area contributed by atoms with Crippen molar-refractivity contribution in [1.82, 2.24) is 14.9 Å². The van der Waals surface area contributed by atoms with Crippen molar-refractivity contribution in [2.24, 2.45) is 0 Å². The quantitative estimate of drug-likeness (QED) is 0.602. The fourth-order valence-electron chi connectivity index (χ4n) is 4.06. The molecular formula is C24H25F3N4O3. The minimum atomic E-state index is -4.49. The minimum absolute atomic E-state index is 0.00189. The number of halogens is 3. The number of methoxy groups -OCH3 is 1. The number of nitrogens with two attached hydrogens (primary N) is 1. The molecule has 1 aromatic carbocycles. The van der Waals surface area contributed by atoms with Gasteiger partial charge in [-0.25, -0.2) is 4.98 Å². The third kappa shape index (κ3) is 4.97. The highest BCUT2D eigenvalue weighted by molar-refractivity contribution is 5.98. The van der Waals surface area contributed by atoms with E-state index in [0.29, 0.717) is 35.6 Å². The number of nitrogen functional groups attached to an aromatic ring is 1. The highest BCUT2D eigenvalue weighted by atomic mass is 19.4. The van der Waals surface area contributed by atoms with Gasteiger partial charge in [-0.1, -0.05) is 0 Å². The number of hydrogen-bond donors (Lipinski definition) is 1. The van der Waals surface area contributed by atoms with Crippen LogP contribution in [0.15, 0.2) is 42.6 Å². The molecule has 4 rings (SSSR count). The average molecular weight is 474 g/mol. The monoisotopic (exact) mass is 474 g/mol. The van der Waals surface area contributed by atoms with Crippen LogP contribution in [0.3, 0.4) is 0 Å². The Hall–Kier alpha value is -3.24. The van der Waals surface area contributed by atoms with Crippen LogP contribution in [0.25, 0.3) is 10.9 Å². The van der Waals surface area contributed by atoms with Crippen molar-refractivity contribution in [1.29, 1.82) is 0 Å². The first-order valence-corrected chi connectivity index (χ1v) is 10.8. The molecule has 1 saturated heterocycles. The molecule has 0 aliphatic carbocycles. The van der Waals surface area contributed by atoms with Gasteiger partial charge in [0.05, 0.1) is 42.1 Å². The Morgan fingerprint density at radius 1 is 1.26 bits per heavy atom. The van der Waals surface area contributed by atoms with E-state index < -0.39 is 17.8 Å². The summed E-state index contributed by atoms with van der Waals surface area (Å²) >= 11 is 0. The molecule has 0 radical (unpaired) electrons. The number of anilines is 1. The highest BCUT2D eigenvalue weighted by Crippen LogP contribution is 2.29. The lowest BCUT2D eigenvalue weighted by Gasteiger charge is -2.39. The highest BCUT2D eigenvalue weighted by Gasteiger charge is 2.35. The zero-order chi connectivity index (χ0) is 24.5. The van der Waals surface area contributed by atoms with Crippen LogP contribution in [-0.2, 0) is 22.2 Å². The van der Waals surface area contributed by atoms with Crippen LogP contribution in [0.2, 0.25) is 0 Å². The van der Waals surface area contributed by atoms with Crippen molar-refractivity contribution in [3.8, 4) is 0 Å². The van der Waals surface area contributed by atoms with Gasteiger partial charge in [0.25, 0.3) is 5.91 Å². The first kappa shape index (κ1) is 23.9. The van der Waals surface area contributed by atoms with Crippen molar-refractivity contribution < 1.29 is 27.4 Å². The van der Waals surface area contributed by atoms with E-state index in [1.165, 1.54) is 6.07 Å². The molecule has 0 bridgehead atoms. The Kier molecular flexibility index (Phi) is 6.72. The normalized spacial score (nSPS) is 18.7. The predicted octanol–water partition coefficient (Wildman–Crippen LogP) is 3.99. The summed E-state index contributed by atoms with van der Waals surface area (Å²) in [5.74, 6) is 0.111. The SMILES string of the molecule is CO[C@@H]1CCOC[C@H]1N(Cc1ccc(C(F)(F)F)cn1)C(=O)c1ccc2nc(N)c(C)cc2c1. The molecule has 1 amide bonds. The zero-order valence-electron chi connectivity index (χ0n) is 18.8. The Morgan fingerprint density at radius 2 is 2.06 bits per heavy atom. The number of pyridine rings is 2. The number of carbonyl (C=O) groups is 1. The molecule has 10 heteroatoms. The number of carbonyl (C=O) groups excluding carboxylic acids is 1. The van der Waals surface area contributed by atoms with Crippen LogP contribution in [0, 0.1) is 6.92 Å². The molecule has 0 spiro atoms. The van der Waals surface area contributed by atoms with Crippen molar-refractivity contribution >= 4 is 22.6 Å². The second-order valence-corrected chi connectivity index (χ2v) is 8.27. The molecule has 2 aromatic heterocycles. The molecule has 180 valence electrons. The molecule has 2 atom stereocenters. The Labute approximate surface area is 194 Å². The van der Waals surface area contributed by atoms with E-state index in [9.17, 15) is 18.0 Å². The van der Waals surface area contributed by atoms with Gasteiger partial charge < -0.3 is 20.1 Å². The van der Waals surface area contributed by atoms with Gasteiger partial charge in [-0.3, -0.25) is 9.78 Å². The number of benzene rings is 1. The summed E-state index contributed by atoms with van der Waals surface area (Å²) in [7, 11) is 1.57. The molecular weight excluding hydrogens is 449 g/mol. The number of amides is 1. The van der Waals surface area contributed by atoms with Gasteiger partial charge in [0.1, 0.15) is 5.82 Å². The maximum absolute atomic E-state index is 13.7. The number of aromatic nitrogens is 2. The van der Waals surface area contributed by atoms with E-state index >= 15 is 0 Å². The predicted molar refractivity (Wildman–Crippen MR) is 120 cm³/mol. The maximum Gasteiger partial charge on any atom is 0.417 e. The smallest absolute Gasteiger partial charge is 0.383 e. The summed E-state index contributed by atoms with van der Waals surface area (Å²) in [5.41, 5.74) is 7.23. The molecule has 1 aliphatic heterocycles. The van der Waals surface area contributed by atoms with Gasteiger partial charge in [-0.05, 0) is 55.3 Å². The second kappa shape index (κ2) is 9.55. The van der Waals surface area contributed by atoms with E-state index in [0.717, 1.165) is 23.2 Å². The van der Waals surface area contributed by atoms with Gasteiger partial charge in [0.2, 0.25) is 0 Å². The summed E-state index contributed by atoms with van der Waals surface area (Å²) < 4.78 is 50.1. The largest absolute Gasteiger partial charge is 0.417 e. The third-order valence-corrected chi connectivity index (χ3v) is 6.00. The van der Waals surface area contributed by atoms with Gasteiger partial charge in [-0.15, -0.1) is 0 Å². The standard InChI is InChI=1S/C24H25F3N4O3/c1-14-9-16-10-15(3-6-19(16)30-22(14)28)23(32)31(20-13-34-8-7-21(20)33-2)12-18-5-4-17(11-29-18)24(25,26)27/h3-6,9-11,20-21H,7-8,12-13H2,1-2H3,(H2,28,30)/t20-,21-/m1/s1. The molecule has 2 N–H and O–H groups in total. The summed E-state index contributed by atoms with van der Waals surface area (Å²) in [6.07, 6.45) is -3.40. The van der Waals surface area contributed by atoms with Gasteiger partial charge in [0, 0.05) is 30.9 Å². The molecule has 1 fully saturated rings. The lowest BCUT2D eigenvalue weighted by Crippen LogP contribution is -2.52. The fourth-order valence-corrected chi connectivity index (χ4v) is 4.06. The fraction of sp³-hybridized carbons (Fsp3) is 0.375. The van der Waals surface area contributed by atoms with Crippen LogP contribution in [0.1, 0.15) is 33.6 Å². The van der Waals surface area contributed by atoms with Gasteiger partial charge in [0.15, 0.2) is 0 Å². The molecule has 0 saturated carbocycles. The topological polar surface area (TPSA) is 90.6 Å². The average Bonchev–Trinajstić information content (AvgIpc) is 2.82. The van der Waals surface area contributed by atoms with E-state index in [2.05, 4.69) is 9.97 Å². The van der Waals surface area contributed by atoms with Crippen molar-refractivity contribution in [2.75, 3.05) is 26.1 Å². The first-order valence-electron chi connectivity index (χ1n) is 10.8. The van der Waals surface area contributed by atoms with Crippen LogP contribution in [-0.4, -0.2) is 53.2 Å². The molecule has 1 aliphatic rings.